The number of nitrogens with one attached hydrogen (secondary N) is 4. The molecule has 4 N–H and O–H groups in total. The molecule has 0 aromatic heterocycles. The van der Waals surface area contributed by atoms with Crippen molar-refractivity contribution in [3.05, 3.63) is 102 Å². The fourth-order valence-corrected chi connectivity index (χ4v) is 3.98. The van der Waals surface area contributed by atoms with Crippen molar-refractivity contribution in [2.75, 3.05) is 22.1 Å². The highest BCUT2D eigenvalue weighted by Crippen LogP contribution is 2.38. The van der Waals surface area contributed by atoms with Crippen molar-refractivity contribution in [3.63, 3.8) is 0 Å². The monoisotopic (exact) mass is 469 g/mol. The number of benzene rings is 3. The van der Waals surface area contributed by atoms with E-state index in [1.54, 1.807) is 54.6 Å². The number of amides is 5. The van der Waals surface area contributed by atoms with Gasteiger partial charge in [0.05, 0.1) is 5.69 Å². The standard InChI is InChI=1S/C27H27N5O3/c1-4-17-32-23-8-6-5-7-22(23)27(24(32)33,30-25(34)28-20-13-9-18(2)10-14-20)31-26(35)29-21-15-11-19(3)12-16-21/h4-16H,1,17H2,2-3H3,(H2,28,30,34)(H2,29,31,35). The van der Waals surface area contributed by atoms with Crippen LogP contribution in [0.25, 0.3) is 0 Å². The van der Waals surface area contributed by atoms with Gasteiger partial charge in [0, 0.05) is 23.5 Å². The van der Waals surface area contributed by atoms with Crippen LogP contribution in [0.3, 0.4) is 0 Å². The first-order chi connectivity index (χ1) is 16.8. The highest BCUT2D eigenvalue weighted by Gasteiger charge is 2.53. The molecule has 8 heteroatoms. The van der Waals surface area contributed by atoms with Crippen LogP contribution in [0.4, 0.5) is 26.7 Å². The van der Waals surface area contributed by atoms with Gasteiger partial charge in [-0.2, -0.15) is 0 Å². The molecule has 1 heterocycles. The maximum atomic E-state index is 13.7. The fraction of sp³-hybridized carbons (Fsp3) is 0.148. The maximum Gasteiger partial charge on any atom is 0.321 e. The number of fused-ring (bicyclic) bond motifs is 1. The lowest BCUT2D eigenvalue weighted by Crippen LogP contribution is -2.64. The van der Waals surface area contributed by atoms with Gasteiger partial charge >= 0.3 is 12.1 Å². The molecule has 4 rings (SSSR count). The number of urea groups is 2. The molecule has 0 saturated carbocycles. The Morgan fingerprint density at radius 2 is 1.31 bits per heavy atom. The molecule has 0 spiro atoms. The molecule has 5 amide bonds. The summed E-state index contributed by atoms with van der Waals surface area (Å²) in [7, 11) is 0. The van der Waals surface area contributed by atoms with Gasteiger partial charge in [-0.05, 0) is 44.2 Å². The Hall–Kier alpha value is -4.59. The maximum absolute atomic E-state index is 13.7. The highest BCUT2D eigenvalue weighted by atomic mass is 16.2. The van der Waals surface area contributed by atoms with E-state index in [4.69, 9.17) is 0 Å². The van der Waals surface area contributed by atoms with Crippen LogP contribution in [0.5, 0.6) is 0 Å². The predicted molar refractivity (Wildman–Crippen MR) is 137 cm³/mol. The molecule has 3 aromatic carbocycles. The zero-order valence-electron chi connectivity index (χ0n) is 19.6. The Balaban J connectivity index is 1.67. The lowest BCUT2D eigenvalue weighted by atomic mass is 10.0. The molecular formula is C27H27N5O3. The molecule has 1 aliphatic heterocycles. The molecule has 0 saturated heterocycles. The van der Waals surface area contributed by atoms with Crippen LogP contribution in [-0.4, -0.2) is 24.5 Å². The van der Waals surface area contributed by atoms with Crippen LogP contribution in [0.1, 0.15) is 16.7 Å². The molecule has 0 bridgehead atoms. The number of nitrogens with zero attached hydrogens (tertiary/aromatic N) is 1. The van der Waals surface area contributed by atoms with Gasteiger partial charge in [0.2, 0.25) is 5.66 Å². The summed E-state index contributed by atoms with van der Waals surface area (Å²) >= 11 is 0. The van der Waals surface area contributed by atoms with Gasteiger partial charge in [0.1, 0.15) is 0 Å². The van der Waals surface area contributed by atoms with Crippen molar-refractivity contribution in [2.45, 2.75) is 19.5 Å². The van der Waals surface area contributed by atoms with Gasteiger partial charge in [-0.25, -0.2) is 9.59 Å². The molecule has 35 heavy (non-hydrogen) atoms. The number of rotatable bonds is 6. The summed E-state index contributed by atoms with van der Waals surface area (Å²) < 4.78 is 0. The molecule has 0 aliphatic carbocycles. The van der Waals surface area contributed by atoms with Crippen molar-refractivity contribution in [2.24, 2.45) is 0 Å². The second-order valence-corrected chi connectivity index (χ2v) is 8.36. The second-order valence-electron chi connectivity index (χ2n) is 8.36. The van der Waals surface area contributed by atoms with Crippen molar-refractivity contribution < 1.29 is 14.4 Å². The first-order valence-electron chi connectivity index (χ1n) is 11.2. The van der Waals surface area contributed by atoms with Crippen molar-refractivity contribution in [1.29, 1.82) is 0 Å². The molecule has 0 unspecified atom stereocenters. The molecule has 0 fully saturated rings. The molecule has 1 aliphatic rings. The number of hydrogen-bond acceptors (Lipinski definition) is 3. The molecule has 0 radical (unpaired) electrons. The Morgan fingerprint density at radius 1 is 0.829 bits per heavy atom. The minimum atomic E-state index is -1.83. The largest absolute Gasteiger partial charge is 0.321 e. The summed E-state index contributed by atoms with van der Waals surface area (Å²) in [5.41, 5.74) is 2.38. The third-order valence-electron chi connectivity index (χ3n) is 5.70. The molecular weight excluding hydrogens is 442 g/mol. The third-order valence-corrected chi connectivity index (χ3v) is 5.70. The lowest BCUT2D eigenvalue weighted by molar-refractivity contribution is -0.124. The Morgan fingerprint density at radius 3 is 1.80 bits per heavy atom. The molecule has 3 aromatic rings. The second kappa shape index (κ2) is 9.72. The first kappa shape index (κ1) is 23.6. The average Bonchev–Trinajstić information content (AvgIpc) is 3.05. The number of carbonyl (C=O) groups excluding carboxylic acids is 3. The van der Waals surface area contributed by atoms with E-state index in [0.717, 1.165) is 11.1 Å². The van der Waals surface area contributed by atoms with E-state index >= 15 is 0 Å². The minimum Gasteiger partial charge on any atom is -0.308 e. The quantitative estimate of drug-likeness (QED) is 0.313. The van der Waals surface area contributed by atoms with Crippen LogP contribution in [0.15, 0.2) is 85.5 Å². The Kier molecular flexibility index (Phi) is 6.55. The van der Waals surface area contributed by atoms with Crippen LogP contribution < -0.4 is 26.2 Å². The summed E-state index contributed by atoms with van der Waals surface area (Å²) in [6.45, 7) is 7.83. The molecule has 8 nitrogen and oxygen atoms in total. The fourth-order valence-electron chi connectivity index (χ4n) is 3.98. The minimum absolute atomic E-state index is 0.208. The van der Waals surface area contributed by atoms with Gasteiger partial charge in [-0.1, -0.05) is 59.7 Å². The van der Waals surface area contributed by atoms with Crippen molar-refractivity contribution in [3.8, 4) is 0 Å². The topological polar surface area (TPSA) is 103 Å². The van der Waals surface area contributed by atoms with E-state index in [0.29, 0.717) is 22.6 Å². The summed E-state index contributed by atoms with van der Waals surface area (Å²) in [6.07, 6.45) is 1.59. The van der Waals surface area contributed by atoms with Crippen molar-refractivity contribution >= 4 is 35.0 Å². The summed E-state index contributed by atoms with van der Waals surface area (Å²) in [6, 6.07) is 20.2. The molecule has 0 atom stereocenters. The van der Waals surface area contributed by atoms with E-state index in [9.17, 15) is 14.4 Å². The number of hydrogen-bond donors (Lipinski definition) is 4. The number of aryl methyl sites for hydroxylation is 2. The van der Waals surface area contributed by atoms with Crippen LogP contribution in [0.2, 0.25) is 0 Å². The van der Waals surface area contributed by atoms with E-state index in [-0.39, 0.29) is 6.54 Å². The van der Waals surface area contributed by atoms with Crippen LogP contribution >= 0.6 is 0 Å². The smallest absolute Gasteiger partial charge is 0.308 e. The predicted octanol–water partition coefficient (Wildman–Crippen LogP) is 4.63. The normalized spacial score (nSPS) is 13.5. The van der Waals surface area contributed by atoms with Crippen LogP contribution in [0, 0.1) is 13.8 Å². The number of carbonyl (C=O) groups is 3. The Bertz CT molecular complexity index is 1210. The zero-order valence-corrected chi connectivity index (χ0v) is 19.6. The lowest BCUT2D eigenvalue weighted by Gasteiger charge is -2.31. The van der Waals surface area contributed by atoms with E-state index < -0.39 is 23.6 Å². The Labute approximate surface area is 204 Å². The van der Waals surface area contributed by atoms with Gasteiger partial charge in [0.15, 0.2) is 0 Å². The van der Waals surface area contributed by atoms with E-state index in [1.165, 1.54) is 4.90 Å². The number of para-hydroxylation sites is 1. The number of anilines is 3. The van der Waals surface area contributed by atoms with Crippen LogP contribution in [-0.2, 0) is 10.5 Å². The van der Waals surface area contributed by atoms with E-state index in [2.05, 4.69) is 27.8 Å². The van der Waals surface area contributed by atoms with Gasteiger partial charge in [0.25, 0.3) is 5.91 Å². The summed E-state index contributed by atoms with van der Waals surface area (Å²) in [5, 5.41) is 10.9. The molecule has 178 valence electrons. The van der Waals surface area contributed by atoms with Gasteiger partial charge < -0.3 is 26.2 Å². The summed E-state index contributed by atoms with van der Waals surface area (Å²) in [4.78, 5) is 41.3. The van der Waals surface area contributed by atoms with Crippen molar-refractivity contribution in [1.82, 2.24) is 10.6 Å². The highest BCUT2D eigenvalue weighted by molar-refractivity contribution is 6.12. The first-order valence-corrected chi connectivity index (χ1v) is 11.2. The van der Waals surface area contributed by atoms with Gasteiger partial charge in [-0.3, -0.25) is 4.79 Å². The third kappa shape index (κ3) is 4.86. The zero-order chi connectivity index (χ0) is 25.0. The SMILES string of the molecule is C=CCN1C(=O)C(NC(=O)Nc2ccc(C)cc2)(NC(=O)Nc2ccc(C)cc2)c2ccccc21. The average molecular weight is 470 g/mol. The van der Waals surface area contributed by atoms with Gasteiger partial charge in [-0.15, -0.1) is 6.58 Å². The van der Waals surface area contributed by atoms with E-state index in [1.807, 2.05) is 38.1 Å². The summed E-state index contributed by atoms with van der Waals surface area (Å²) in [5.74, 6) is -0.503.